The van der Waals surface area contributed by atoms with Crippen LogP contribution in [0.15, 0.2) is 24.3 Å². The van der Waals surface area contributed by atoms with E-state index < -0.39 is 0 Å². The molecule has 1 aliphatic rings. The van der Waals surface area contributed by atoms with Gasteiger partial charge in [-0.3, -0.25) is 4.90 Å². The van der Waals surface area contributed by atoms with E-state index in [2.05, 4.69) is 11.8 Å². The van der Waals surface area contributed by atoms with E-state index in [1.54, 1.807) is 0 Å². The number of nitrogens with zero attached hydrogens (tertiary/aromatic N) is 1. The van der Waals surface area contributed by atoms with Crippen molar-refractivity contribution in [1.82, 2.24) is 4.90 Å². The first-order valence-corrected chi connectivity index (χ1v) is 7.02. The van der Waals surface area contributed by atoms with Gasteiger partial charge in [-0.15, -0.1) is 0 Å². The highest BCUT2D eigenvalue weighted by molar-refractivity contribution is 5.43. The summed E-state index contributed by atoms with van der Waals surface area (Å²) in [6.07, 6.45) is 5.48. The molecule has 0 aromatic heterocycles. The zero-order chi connectivity index (χ0) is 12.8. The Bertz CT molecular complexity index is 361. The zero-order valence-electron chi connectivity index (χ0n) is 11.3. The monoisotopic (exact) mass is 248 g/mol. The van der Waals surface area contributed by atoms with Crippen molar-refractivity contribution in [3.63, 3.8) is 0 Å². The van der Waals surface area contributed by atoms with Gasteiger partial charge in [0.25, 0.3) is 0 Å². The van der Waals surface area contributed by atoms with Crippen molar-refractivity contribution in [1.29, 1.82) is 0 Å². The maximum atomic E-state index is 5.76. The van der Waals surface area contributed by atoms with Crippen LogP contribution in [-0.4, -0.2) is 30.6 Å². The van der Waals surface area contributed by atoms with E-state index in [-0.39, 0.29) is 0 Å². The molecule has 1 saturated carbocycles. The minimum absolute atomic E-state index is 0.744. The fourth-order valence-electron chi connectivity index (χ4n) is 2.75. The van der Waals surface area contributed by atoms with E-state index >= 15 is 0 Å². The molecule has 1 aromatic rings. The summed E-state index contributed by atoms with van der Waals surface area (Å²) in [6, 6.07) is 8.43. The Labute approximate surface area is 110 Å². The van der Waals surface area contributed by atoms with Crippen molar-refractivity contribution in [3.05, 3.63) is 24.3 Å². The number of hydrogen-bond donors (Lipinski definition) is 1. The molecule has 3 heteroatoms. The van der Waals surface area contributed by atoms with Gasteiger partial charge in [-0.1, -0.05) is 25.8 Å². The Hall–Kier alpha value is -1.22. The Morgan fingerprint density at radius 1 is 1.33 bits per heavy atom. The van der Waals surface area contributed by atoms with Crippen LogP contribution in [0.25, 0.3) is 0 Å². The third-order valence-electron chi connectivity index (χ3n) is 3.75. The van der Waals surface area contributed by atoms with Gasteiger partial charge in [-0.25, -0.2) is 0 Å². The van der Waals surface area contributed by atoms with Gasteiger partial charge in [0.15, 0.2) is 0 Å². The zero-order valence-corrected chi connectivity index (χ0v) is 11.3. The van der Waals surface area contributed by atoms with Crippen LogP contribution in [0.5, 0.6) is 5.75 Å². The smallest absolute Gasteiger partial charge is 0.121 e. The third kappa shape index (κ3) is 3.64. The second-order valence-electron chi connectivity index (χ2n) is 4.99. The predicted octanol–water partition coefficient (Wildman–Crippen LogP) is 2.91. The number of rotatable bonds is 6. The molecule has 0 bridgehead atoms. The molecule has 0 radical (unpaired) electrons. The Morgan fingerprint density at radius 2 is 2.11 bits per heavy atom. The van der Waals surface area contributed by atoms with E-state index in [1.165, 1.54) is 25.7 Å². The Kier molecular flexibility index (Phi) is 4.88. The van der Waals surface area contributed by atoms with Gasteiger partial charge < -0.3 is 10.5 Å². The van der Waals surface area contributed by atoms with Crippen molar-refractivity contribution in [2.75, 3.05) is 25.4 Å². The van der Waals surface area contributed by atoms with Crippen molar-refractivity contribution in [2.45, 2.75) is 38.6 Å². The molecule has 0 heterocycles. The lowest BCUT2D eigenvalue weighted by atomic mass is 10.2. The molecule has 1 aliphatic carbocycles. The van der Waals surface area contributed by atoms with Crippen molar-refractivity contribution < 1.29 is 4.74 Å². The van der Waals surface area contributed by atoms with Crippen LogP contribution < -0.4 is 10.5 Å². The van der Waals surface area contributed by atoms with Gasteiger partial charge in [-0.05, 0) is 31.5 Å². The molecule has 3 nitrogen and oxygen atoms in total. The summed E-state index contributed by atoms with van der Waals surface area (Å²) in [5.41, 5.74) is 6.49. The largest absolute Gasteiger partial charge is 0.492 e. The predicted molar refractivity (Wildman–Crippen MR) is 75.9 cm³/mol. The fraction of sp³-hybridized carbons (Fsp3) is 0.600. The third-order valence-corrected chi connectivity index (χ3v) is 3.75. The summed E-state index contributed by atoms with van der Waals surface area (Å²) in [4.78, 5) is 2.54. The highest BCUT2D eigenvalue weighted by atomic mass is 16.5. The molecule has 1 aromatic carbocycles. The number of ether oxygens (including phenoxy) is 1. The lowest BCUT2D eigenvalue weighted by molar-refractivity contribution is 0.168. The maximum absolute atomic E-state index is 5.76. The second-order valence-corrected chi connectivity index (χ2v) is 4.99. The van der Waals surface area contributed by atoms with Crippen LogP contribution in [0.2, 0.25) is 0 Å². The average Bonchev–Trinajstić information content (AvgIpc) is 2.88. The normalized spacial score (nSPS) is 16.3. The SMILES string of the molecule is CCN(CCOc1cccc(N)c1)C1CCCC1. The molecule has 0 atom stereocenters. The van der Waals surface area contributed by atoms with Crippen molar-refractivity contribution >= 4 is 5.69 Å². The molecule has 2 rings (SSSR count). The molecule has 0 amide bonds. The standard InChI is InChI=1S/C15H24N2O/c1-2-17(14-7-3-4-8-14)10-11-18-15-9-5-6-13(16)12-15/h5-6,9,12,14H,2-4,7-8,10-11,16H2,1H3. The summed E-state index contributed by atoms with van der Waals surface area (Å²) < 4.78 is 5.76. The first kappa shape index (κ1) is 13.2. The molecular weight excluding hydrogens is 224 g/mol. The summed E-state index contributed by atoms with van der Waals surface area (Å²) in [6.45, 7) is 5.10. The number of likely N-dealkylation sites (N-methyl/N-ethyl adjacent to an activating group) is 1. The first-order valence-electron chi connectivity index (χ1n) is 7.02. The summed E-state index contributed by atoms with van der Waals surface area (Å²) >= 11 is 0. The highest BCUT2D eigenvalue weighted by Gasteiger charge is 2.20. The minimum atomic E-state index is 0.744. The minimum Gasteiger partial charge on any atom is -0.492 e. The molecule has 0 spiro atoms. The second kappa shape index (κ2) is 6.64. The van der Waals surface area contributed by atoms with E-state index in [9.17, 15) is 0 Å². The van der Waals surface area contributed by atoms with Gasteiger partial charge in [0.1, 0.15) is 12.4 Å². The average molecular weight is 248 g/mol. The molecule has 0 aliphatic heterocycles. The number of hydrogen-bond acceptors (Lipinski definition) is 3. The lowest BCUT2D eigenvalue weighted by Gasteiger charge is -2.27. The molecule has 0 saturated heterocycles. The fourth-order valence-corrected chi connectivity index (χ4v) is 2.75. The number of benzene rings is 1. The van der Waals surface area contributed by atoms with Gasteiger partial charge in [0.2, 0.25) is 0 Å². The molecule has 2 N–H and O–H groups in total. The van der Waals surface area contributed by atoms with E-state index in [0.29, 0.717) is 0 Å². The first-order chi connectivity index (χ1) is 8.79. The molecule has 1 fully saturated rings. The Balaban J connectivity index is 1.76. The molecular formula is C15H24N2O. The molecule has 18 heavy (non-hydrogen) atoms. The van der Waals surface area contributed by atoms with E-state index in [1.807, 2.05) is 24.3 Å². The molecule has 0 unspecified atom stereocenters. The van der Waals surface area contributed by atoms with Gasteiger partial charge in [0.05, 0.1) is 0 Å². The van der Waals surface area contributed by atoms with Gasteiger partial charge in [-0.2, -0.15) is 0 Å². The lowest BCUT2D eigenvalue weighted by Crippen LogP contribution is -2.36. The van der Waals surface area contributed by atoms with Gasteiger partial charge in [0, 0.05) is 24.3 Å². The van der Waals surface area contributed by atoms with Crippen molar-refractivity contribution in [2.24, 2.45) is 0 Å². The van der Waals surface area contributed by atoms with E-state index in [4.69, 9.17) is 10.5 Å². The number of nitrogen functional groups attached to an aromatic ring is 1. The van der Waals surface area contributed by atoms with Crippen LogP contribution in [0.3, 0.4) is 0 Å². The van der Waals surface area contributed by atoms with Crippen LogP contribution in [0.1, 0.15) is 32.6 Å². The topological polar surface area (TPSA) is 38.5 Å². The number of anilines is 1. The summed E-state index contributed by atoms with van der Waals surface area (Å²) in [5.74, 6) is 0.873. The van der Waals surface area contributed by atoms with Crippen LogP contribution in [-0.2, 0) is 0 Å². The van der Waals surface area contributed by atoms with Crippen LogP contribution >= 0.6 is 0 Å². The summed E-state index contributed by atoms with van der Waals surface area (Å²) in [7, 11) is 0. The maximum Gasteiger partial charge on any atom is 0.121 e. The van der Waals surface area contributed by atoms with E-state index in [0.717, 1.165) is 37.2 Å². The molecule has 100 valence electrons. The highest BCUT2D eigenvalue weighted by Crippen LogP contribution is 2.23. The van der Waals surface area contributed by atoms with Crippen LogP contribution in [0, 0.1) is 0 Å². The van der Waals surface area contributed by atoms with Crippen molar-refractivity contribution in [3.8, 4) is 5.75 Å². The number of nitrogens with two attached hydrogens (primary N) is 1. The summed E-state index contributed by atoms with van der Waals surface area (Å²) in [5, 5.41) is 0. The van der Waals surface area contributed by atoms with Gasteiger partial charge >= 0.3 is 0 Å². The Morgan fingerprint density at radius 3 is 2.78 bits per heavy atom. The van der Waals surface area contributed by atoms with Crippen LogP contribution in [0.4, 0.5) is 5.69 Å². The quantitative estimate of drug-likeness (QED) is 0.787.